The van der Waals surface area contributed by atoms with Crippen molar-refractivity contribution in [2.45, 2.75) is 78.0 Å². The second-order valence-corrected chi connectivity index (χ2v) is 29.3. The second-order valence-electron chi connectivity index (χ2n) is 20.8. The summed E-state index contributed by atoms with van der Waals surface area (Å²) in [5, 5.41) is 0. The molecule has 26 heteroatoms. The van der Waals surface area contributed by atoms with Crippen LogP contribution in [0, 0.1) is 0 Å². The molecular formula is C89H96I14O6S6. The molecule has 0 N–H and O–H groups in total. The summed E-state index contributed by atoms with van der Waals surface area (Å²) in [5.41, 5.74) is 13.8. The second kappa shape index (κ2) is 74.8. The molecule has 12 aromatic carbocycles. The number of benzene rings is 12. The molecule has 0 atom stereocenters. The summed E-state index contributed by atoms with van der Waals surface area (Å²) in [6.45, 7) is 0. The van der Waals surface area contributed by atoms with Crippen LogP contribution < -0.4 is 0 Å². The van der Waals surface area contributed by atoms with E-state index in [0.717, 1.165) is 111 Å². The quantitative estimate of drug-likeness (QED) is 0.111. The summed E-state index contributed by atoms with van der Waals surface area (Å²) in [4.78, 5) is 39.0. The molecule has 0 unspecified atom stereocenters. The number of rotatable bonds is 0. The van der Waals surface area contributed by atoms with Crippen LogP contribution in [0.4, 0.5) is 0 Å². The zero-order chi connectivity index (χ0) is 87.4. The zero-order valence-corrected chi connectivity index (χ0v) is 101. The van der Waals surface area contributed by atoms with Gasteiger partial charge in [-0.25, -0.2) is 25.3 Å². The molecule has 0 amide bonds. The standard InChI is InChI=1S/3C13H10OS.3C12H8OS.14CH3I/c3*14-15-12-7-3-1-5-10(12)9-11-6-2-4-8-13(11)15;3*13-14-11-7-3-1-5-9(11)10-6-2-4-8-12(10)14;14*1-2/h3*1-8H,9H2;3*1-8H;14*1H3. The fourth-order valence-corrected chi connectivity index (χ4v) is 19.8. The van der Waals surface area contributed by atoms with Crippen molar-refractivity contribution < 1.29 is 25.3 Å². The topological polar surface area (TPSA) is 102 Å². The Hall–Kier alpha value is 1.76. The molecule has 6 aliphatic rings. The fraction of sp³-hybridized carbons (Fsp3) is 0.191. The van der Waals surface area contributed by atoms with E-state index in [4.69, 9.17) is 0 Å². The highest BCUT2D eigenvalue weighted by atomic mass is 127. The largest absolute Gasteiger partial charge is 0.249 e. The lowest BCUT2D eigenvalue weighted by Gasteiger charge is -2.18. The third kappa shape index (κ3) is 35.4. The molecule has 0 fully saturated rings. The van der Waals surface area contributed by atoms with Crippen LogP contribution in [0.25, 0.3) is 33.4 Å². The summed E-state index contributed by atoms with van der Waals surface area (Å²) >= 11 is 30.1. The molecule has 0 spiro atoms. The summed E-state index contributed by atoms with van der Waals surface area (Å²) in [6, 6.07) is 95.1. The van der Waals surface area contributed by atoms with Crippen molar-refractivity contribution in [1.82, 2.24) is 0 Å². The van der Waals surface area contributed by atoms with Crippen LogP contribution in [0.2, 0.25) is 0 Å². The third-order valence-corrected chi connectivity index (χ3v) is 24.9. The first-order valence-corrected chi connectivity index (χ1v) is 70.6. The Morgan fingerprint density at radius 2 is 0.226 bits per heavy atom. The smallest absolute Gasteiger partial charge is 0.0862 e. The van der Waals surface area contributed by atoms with E-state index in [1.807, 2.05) is 324 Å². The van der Waals surface area contributed by atoms with E-state index in [9.17, 15) is 25.3 Å². The van der Waals surface area contributed by atoms with E-state index in [0.29, 0.717) is 0 Å². The van der Waals surface area contributed by atoms with E-state index in [1.165, 1.54) is 33.4 Å². The lowest BCUT2D eigenvalue weighted by atomic mass is 10.0. The Balaban J connectivity index is 0. The minimum atomic E-state index is -0.990. The number of hydrogen-bond acceptors (Lipinski definition) is 6. The molecule has 0 bridgehead atoms. The van der Waals surface area contributed by atoms with Crippen LogP contribution in [-0.2, 0) is 84.1 Å². The van der Waals surface area contributed by atoms with Gasteiger partial charge in [-0.1, -0.05) is 535 Å². The molecule has 0 radical (unpaired) electrons. The summed E-state index contributed by atoms with van der Waals surface area (Å²) in [6.07, 6.45) is 2.70. The molecule has 0 aromatic heterocycles. The molecule has 6 aliphatic heterocycles. The van der Waals surface area contributed by atoms with Crippen molar-refractivity contribution in [1.29, 1.82) is 0 Å². The first-order chi connectivity index (χ1) is 56.7. The Morgan fingerprint density at radius 3 is 0.348 bits per heavy atom. The number of alkyl halides is 14. The van der Waals surface area contributed by atoms with Gasteiger partial charge in [0.15, 0.2) is 0 Å². The van der Waals surface area contributed by atoms with Crippen molar-refractivity contribution in [2.24, 2.45) is 0 Å². The average Bonchev–Trinajstić information content (AvgIpc) is 1.52. The normalized spacial score (nSPS) is 11.4. The highest BCUT2D eigenvalue weighted by Crippen LogP contribution is 2.43. The molecule has 0 aliphatic carbocycles. The number of fused-ring (bicyclic) bond motifs is 15. The predicted molar refractivity (Wildman–Crippen MR) is 630 cm³/mol. The van der Waals surface area contributed by atoms with Gasteiger partial charge in [-0.2, -0.15) is 0 Å². The summed E-state index contributed by atoms with van der Waals surface area (Å²) < 4.78 is 72.7. The SMILES string of the molecule is CI.CI.CI.CI.CI.CI.CI.CI.CI.CI.CI.CI.CI.CI.O=S1c2ccccc2-c2ccccc21.O=S1c2ccccc2-c2ccccc21.O=S1c2ccccc2-c2ccccc21.O=S1c2ccccc2Cc2ccccc21.O=S1c2ccccc2Cc2ccccc21.O=S1c2ccccc2Cc2ccccc21. The van der Waals surface area contributed by atoms with Crippen molar-refractivity contribution in [2.75, 3.05) is 69.0 Å². The highest BCUT2D eigenvalue weighted by molar-refractivity contribution is 14.1. The molecular weight excluding hydrogens is 3130 g/mol. The van der Waals surface area contributed by atoms with Crippen LogP contribution in [-0.4, -0.2) is 94.3 Å². The first kappa shape index (κ1) is 119. The Labute approximate surface area is 894 Å². The maximum atomic E-state index is 12.2. The molecule has 0 saturated carbocycles. The number of halogens is 14. The average molecular weight is 3230 g/mol. The van der Waals surface area contributed by atoms with Gasteiger partial charge in [0.25, 0.3) is 0 Å². The van der Waals surface area contributed by atoms with Gasteiger partial charge >= 0.3 is 0 Å². The maximum Gasteiger partial charge on any atom is 0.0862 e. The van der Waals surface area contributed by atoms with Crippen LogP contribution >= 0.6 is 316 Å². The van der Waals surface area contributed by atoms with Crippen LogP contribution in [0.15, 0.2) is 350 Å². The Bertz CT molecular complexity index is 4090. The van der Waals surface area contributed by atoms with E-state index >= 15 is 0 Å². The van der Waals surface area contributed by atoms with Gasteiger partial charge in [0, 0.05) is 29.4 Å². The predicted octanol–water partition coefficient (Wildman–Crippen LogP) is 31.5. The van der Waals surface area contributed by atoms with Gasteiger partial charge in [-0.05, 0) is 228 Å². The van der Waals surface area contributed by atoms with Gasteiger partial charge in [-0.3, -0.25) is 0 Å². The van der Waals surface area contributed by atoms with Crippen molar-refractivity contribution in [3.05, 3.63) is 325 Å². The summed E-state index contributed by atoms with van der Waals surface area (Å²) in [7, 11) is -5.89. The van der Waals surface area contributed by atoms with Gasteiger partial charge in [0.2, 0.25) is 0 Å². The third-order valence-electron chi connectivity index (χ3n) is 15.6. The number of hydrogen-bond donors (Lipinski definition) is 0. The first-order valence-electron chi connectivity index (χ1n) is 33.5. The van der Waals surface area contributed by atoms with E-state index in [1.54, 1.807) is 0 Å². The minimum Gasteiger partial charge on any atom is -0.249 e. The van der Waals surface area contributed by atoms with E-state index in [2.05, 4.69) is 353 Å². The fourth-order valence-electron chi connectivity index (χ4n) is 11.4. The minimum absolute atomic E-state index is 0.901. The highest BCUT2D eigenvalue weighted by Gasteiger charge is 2.28. The summed E-state index contributed by atoms with van der Waals surface area (Å²) in [5.74, 6) is 0. The Kier molecular flexibility index (Phi) is 77.3. The monoisotopic (exact) mass is 3230 g/mol. The van der Waals surface area contributed by atoms with Crippen LogP contribution in [0.3, 0.4) is 0 Å². The van der Waals surface area contributed by atoms with Gasteiger partial charge in [0.05, 0.1) is 94.2 Å². The van der Waals surface area contributed by atoms with Gasteiger partial charge in [-0.15, -0.1) is 0 Å². The van der Waals surface area contributed by atoms with Crippen LogP contribution in [0.1, 0.15) is 33.4 Å². The zero-order valence-electron chi connectivity index (χ0n) is 66.0. The van der Waals surface area contributed by atoms with E-state index in [-0.39, 0.29) is 0 Å². The van der Waals surface area contributed by atoms with Crippen molar-refractivity contribution in [3.8, 4) is 33.4 Å². The molecule has 622 valence electrons. The molecule has 115 heavy (non-hydrogen) atoms. The lowest BCUT2D eigenvalue weighted by Crippen LogP contribution is -2.08. The van der Waals surface area contributed by atoms with Crippen molar-refractivity contribution >= 4 is 381 Å². The van der Waals surface area contributed by atoms with Crippen LogP contribution in [0.5, 0.6) is 0 Å². The lowest BCUT2D eigenvalue weighted by molar-refractivity contribution is 0.678. The van der Waals surface area contributed by atoms with Gasteiger partial charge in [0.1, 0.15) is 0 Å². The molecule has 6 heterocycles. The molecule has 18 rings (SSSR count). The molecule has 0 saturated heterocycles. The van der Waals surface area contributed by atoms with Gasteiger partial charge < -0.3 is 0 Å². The molecule has 6 nitrogen and oxygen atoms in total. The van der Waals surface area contributed by atoms with Crippen molar-refractivity contribution in [3.63, 3.8) is 0 Å². The maximum absolute atomic E-state index is 12.2. The molecule has 12 aromatic rings. The Morgan fingerprint density at radius 1 is 0.139 bits per heavy atom. The van der Waals surface area contributed by atoms with E-state index < -0.39 is 64.8 Å².